The Morgan fingerprint density at radius 2 is 1.87 bits per heavy atom. The number of halogens is 4. The fourth-order valence-electron chi connectivity index (χ4n) is 3.48. The fraction of sp³-hybridized carbons (Fsp3) is 0.190. The number of rotatable bonds is 5. The molecule has 2 aromatic carbocycles. The summed E-state index contributed by atoms with van der Waals surface area (Å²) in [7, 11) is 0. The third-order valence-corrected chi connectivity index (χ3v) is 4.90. The first-order valence-corrected chi connectivity index (χ1v) is 9.47. The summed E-state index contributed by atoms with van der Waals surface area (Å²) >= 11 is 6.04. The van der Waals surface area contributed by atoms with E-state index in [1.54, 1.807) is 6.92 Å². The van der Waals surface area contributed by atoms with Crippen LogP contribution in [0.25, 0.3) is 5.70 Å². The average molecular weight is 453 g/mol. The van der Waals surface area contributed by atoms with Crippen molar-refractivity contribution < 1.29 is 27.6 Å². The van der Waals surface area contributed by atoms with Gasteiger partial charge in [0.15, 0.2) is 0 Å². The number of carbonyl (C=O) groups is 1. The molecular weight excluding hydrogens is 437 g/mol. The quantitative estimate of drug-likeness (QED) is 0.395. The van der Waals surface area contributed by atoms with Gasteiger partial charge in [0.05, 0.1) is 22.7 Å². The highest BCUT2D eigenvalue weighted by Crippen LogP contribution is 2.42. The second-order valence-corrected chi connectivity index (χ2v) is 7.07. The molecule has 0 aromatic heterocycles. The van der Waals surface area contributed by atoms with Crippen molar-refractivity contribution in [2.24, 2.45) is 0 Å². The van der Waals surface area contributed by atoms with Crippen molar-refractivity contribution in [3.8, 4) is 0 Å². The van der Waals surface area contributed by atoms with Crippen LogP contribution in [0, 0.1) is 27.6 Å². The summed E-state index contributed by atoms with van der Waals surface area (Å²) in [6.45, 7) is 2.99. The second-order valence-electron chi connectivity index (χ2n) is 6.63. The molecule has 0 spiro atoms. The normalized spacial score (nSPS) is 16.3. The lowest BCUT2D eigenvalue weighted by Gasteiger charge is -2.28. The van der Waals surface area contributed by atoms with Gasteiger partial charge in [-0.3, -0.25) is 10.1 Å². The Hall–Kier alpha value is -3.33. The molecule has 0 amide bonds. The van der Waals surface area contributed by atoms with Gasteiger partial charge in [-0.15, -0.1) is 0 Å². The van der Waals surface area contributed by atoms with Crippen LogP contribution in [0.15, 0.2) is 53.4 Å². The molecule has 0 fully saturated rings. The minimum absolute atomic E-state index is 0.00344. The summed E-state index contributed by atoms with van der Waals surface area (Å²) in [5, 5.41) is 14.9. The number of benzene rings is 2. The van der Waals surface area contributed by atoms with Gasteiger partial charge >= 0.3 is 5.97 Å². The molecule has 2 aromatic rings. The van der Waals surface area contributed by atoms with E-state index in [-0.39, 0.29) is 28.5 Å². The number of hydrogen-bond donors (Lipinski definition) is 1. The molecule has 0 aliphatic carbocycles. The highest BCUT2D eigenvalue weighted by Gasteiger charge is 2.43. The van der Waals surface area contributed by atoms with Crippen molar-refractivity contribution in [3.63, 3.8) is 0 Å². The summed E-state index contributed by atoms with van der Waals surface area (Å²) in [5.74, 6) is -6.04. The number of hydrogen-bond acceptors (Lipinski definition) is 5. The number of nitrogens with one attached hydrogen (secondary N) is 1. The molecule has 10 heteroatoms. The van der Waals surface area contributed by atoms with Crippen molar-refractivity contribution >= 4 is 23.3 Å². The van der Waals surface area contributed by atoms with Crippen LogP contribution in [0.4, 0.5) is 13.2 Å². The predicted molar refractivity (Wildman–Crippen MR) is 107 cm³/mol. The molecule has 0 radical (unpaired) electrons. The zero-order chi connectivity index (χ0) is 22.9. The Bertz CT molecular complexity index is 1120. The maximum absolute atomic E-state index is 14.5. The van der Waals surface area contributed by atoms with E-state index in [0.717, 1.165) is 0 Å². The van der Waals surface area contributed by atoms with Crippen LogP contribution < -0.4 is 5.32 Å². The van der Waals surface area contributed by atoms with Crippen molar-refractivity contribution in [1.29, 1.82) is 0 Å². The van der Waals surface area contributed by atoms with E-state index >= 15 is 0 Å². The number of nitro groups is 1. The van der Waals surface area contributed by atoms with Crippen molar-refractivity contribution in [3.05, 3.63) is 97.1 Å². The molecule has 1 aliphatic rings. The lowest BCUT2D eigenvalue weighted by atomic mass is 9.82. The van der Waals surface area contributed by atoms with Crippen LogP contribution in [0.2, 0.25) is 5.02 Å². The van der Waals surface area contributed by atoms with Gasteiger partial charge < -0.3 is 10.1 Å². The zero-order valence-corrected chi connectivity index (χ0v) is 17.1. The van der Waals surface area contributed by atoms with Crippen molar-refractivity contribution in [2.45, 2.75) is 19.8 Å². The first-order chi connectivity index (χ1) is 14.6. The maximum Gasteiger partial charge on any atom is 0.336 e. The molecule has 162 valence electrons. The smallest absolute Gasteiger partial charge is 0.336 e. The second kappa shape index (κ2) is 8.81. The Balaban J connectivity index is 2.36. The van der Waals surface area contributed by atoms with E-state index in [2.05, 4.69) is 5.32 Å². The van der Waals surface area contributed by atoms with Gasteiger partial charge in [0.1, 0.15) is 29.1 Å². The van der Waals surface area contributed by atoms with E-state index in [9.17, 15) is 28.1 Å². The molecule has 0 saturated heterocycles. The summed E-state index contributed by atoms with van der Waals surface area (Å²) in [4.78, 5) is 23.9. The number of ether oxygens (including phenoxy) is 1. The molecule has 1 unspecified atom stereocenters. The number of allylic oxidation sites excluding steroid dienone is 2. The number of carbonyl (C=O) groups excluding carboxylic acids is 1. The maximum atomic E-state index is 14.5. The summed E-state index contributed by atoms with van der Waals surface area (Å²) in [6.07, 6.45) is 0. The molecule has 1 N–H and O–H groups in total. The molecule has 0 saturated carbocycles. The number of esters is 1. The number of dihydropyridines is 1. The molecule has 31 heavy (non-hydrogen) atoms. The van der Waals surface area contributed by atoms with E-state index in [0.29, 0.717) is 12.1 Å². The fourth-order valence-corrected chi connectivity index (χ4v) is 3.67. The standard InChI is InChI=1S/C21H16ClF3N2O4/c1-3-31-21(28)16-10(2)26-19(18-14(24)8-13(23)9-15(18)25)20(27(29)30)17(16)11-5-4-6-12(22)7-11/h4-9,17,26H,3H2,1-2H3. The van der Waals surface area contributed by atoms with Crippen LogP contribution in [-0.4, -0.2) is 17.5 Å². The van der Waals surface area contributed by atoms with E-state index in [1.165, 1.54) is 31.2 Å². The highest BCUT2D eigenvalue weighted by atomic mass is 35.5. The van der Waals surface area contributed by atoms with Gasteiger partial charge in [-0.2, -0.15) is 0 Å². The molecule has 1 heterocycles. The van der Waals surface area contributed by atoms with Crippen LogP contribution in [0.1, 0.15) is 30.9 Å². The Labute approximate surface area is 180 Å². The van der Waals surface area contributed by atoms with Crippen LogP contribution in [0.5, 0.6) is 0 Å². The third-order valence-electron chi connectivity index (χ3n) is 4.67. The van der Waals surface area contributed by atoms with E-state index < -0.39 is 51.2 Å². The van der Waals surface area contributed by atoms with Gasteiger partial charge in [-0.1, -0.05) is 23.7 Å². The Morgan fingerprint density at radius 1 is 1.23 bits per heavy atom. The lowest BCUT2D eigenvalue weighted by Crippen LogP contribution is -2.32. The topological polar surface area (TPSA) is 81.5 Å². The van der Waals surface area contributed by atoms with E-state index in [4.69, 9.17) is 16.3 Å². The molecule has 3 rings (SSSR count). The molecule has 0 bridgehead atoms. The molecule has 1 aliphatic heterocycles. The largest absolute Gasteiger partial charge is 0.463 e. The zero-order valence-electron chi connectivity index (χ0n) is 16.3. The van der Waals surface area contributed by atoms with Crippen LogP contribution in [-0.2, 0) is 9.53 Å². The van der Waals surface area contributed by atoms with Gasteiger partial charge in [0.2, 0.25) is 0 Å². The summed E-state index contributed by atoms with van der Waals surface area (Å²) < 4.78 is 47.5. The van der Waals surface area contributed by atoms with Gasteiger partial charge in [-0.25, -0.2) is 18.0 Å². The number of nitrogens with zero attached hydrogens (tertiary/aromatic N) is 1. The Morgan fingerprint density at radius 3 is 2.42 bits per heavy atom. The van der Waals surface area contributed by atoms with Gasteiger partial charge in [0.25, 0.3) is 5.70 Å². The van der Waals surface area contributed by atoms with Crippen molar-refractivity contribution in [2.75, 3.05) is 6.61 Å². The van der Waals surface area contributed by atoms with Crippen LogP contribution in [0.3, 0.4) is 0 Å². The van der Waals surface area contributed by atoms with Crippen molar-refractivity contribution in [1.82, 2.24) is 5.32 Å². The monoisotopic (exact) mass is 452 g/mol. The highest BCUT2D eigenvalue weighted by molar-refractivity contribution is 6.30. The third kappa shape index (κ3) is 4.27. The summed E-state index contributed by atoms with van der Waals surface area (Å²) in [5.41, 5.74) is -1.84. The predicted octanol–water partition coefficient (Wildman–Crippen LogP) is 4.93. The average Bonchev–Trinajstić information content (AvgIpc) is 2.66. The molecular formula is C21H16ClF3N2O4. The summed E-state index contributed by atoms with van der Waals surface area (Å²) in [6, 6.07) is 6.78. The molecule has 6 nitrogen and oxygen atoms in total. The van der Waals surface area contributed by atoms with Gasteiger partial charge in [-0.05, 0) is 31.5 Å². The van der Waals surface area contributed by atoms with E-state index in [1.807, 2.05) is 0 Å². The SMILES string of the molecule is CCOC(=O)C1=C(C)NC(c2c(F)cc(F)cc2F)=C([N+](=O)[O-])C1c1cccc(Cl)c1. The van der Waals surface area contributed by atoms with Gasteiger partial charge in [0, 0.05) is 22.9 Å². The first kappa shape index (κ1) is 22.4. The Kier molecular flexibility index (Phi) is 6.35. The molecule has 1 atom stereocenters. The first-order valence-electron chi connectivity index (χ1n) is 9.09. The minimum Gasteiger partial charge on any atom is -0.463 e. The van der Waals surface area contributed by atoms with Crippen LogP contribution >= 0.6 is 11.6 Å². The minimum atomic E-state index is -1.35. The lowest BCUT2D eigenvalue weighted by molar-refractivity contribution is -0.428.